The summed E-state index contributed by atoms with van der Waals surface area (Å²) in [7, 11) is 1.22. The summed E-state index contributed by atoms with van der Waals surface area (Å²) < 4.78 is 18.2. The molecule has 0 aromatic heterocycles. The number of hydrogen-bond donors (Lipinski definition) is 1. The lowest BCUT2D eigenvalue weighted by Crippen LogP contribution is -2.06. The van der Waals surface area contributed by atoms with Crippen molar-refractivity contribution < 1.29 is 13.9 Å². The summed E-state index contributed by atoms with van der Waals surface area (Å²) in [5, 5.41) is 3.79. The van der Waals surface area contributed by atoms with Gasteiger partial charge in [-0.1, -0.05) is 17.7 Å². The lowest BCUT2D eigenvalue weighted by atomic mass is 10.1. The maximum atomic E-state index is 13.7. The van der Waals surface area contributed by atoms with Gasteiger partial charge >= 0.3 is 5.97 Å². The molecule has 3 nitrogen and oxygen atoms in total. The number of halogens is 2. The first-order valence-electron chi connectivity index (χ1n) is 5.96. The number of hydrogen-bond acceptors (Lipinski definition) is 3. The zero-order chi connectivity index (χ0) is 14.5. The molecule has 2 aromatic carbocycles. The fourth-order valence-electron chi connectivity index (χ4n) is 1.72. The second kappa shape index (κ2) is 6.39. The van der Waals surface area contributed by atoms with E-state index in [4.69, 9.17) is 11.6 Å². The minimum Gasteiger partial charge on any atom is -0.465 e. The SMILES string of the molecule is COC(=O)c1ccc(CNc2ccc(Cl)cc2)cc1F. The molecule has 0 fully saturated rings. The molecule has 0 atom stereocenters. The molecule has 0 spiro atoms. The quantitative estimate of drug-likeness (QED) is 0.870. The van der Waals surface area contributed by atoms with Gasteiger partial charge < -0.3 is 10.1 Å². The minimum atomic E-state index is -0.681. The van der Waals surface area contributed by atoms with Crippen molar-refractivity contribution in [2.75, 3.05) is 12.4 Å². The summed E-state index contributed by atoms with van der Waals surface area (Å²) >= 11 is 5.79. The number of esters is 1. The van der Waals surface area contributed by atoms with Gasteiger partial charge in [0.1, 0.15) is 5.82 Å². The zero-order valence-electron chi connectivity index (χ0n) is 10.8. The van der Waals surface area contributed by atoms with Gasteiger partial charge in [0.2, 0.25) is 0 Å². The van der Waals surface area contributed by atoms with Crippen molar-refractivity contribution in [2.24, 2.45) is 0 Å². The van der Waals surface area contributed by atoms with E-state index in [1.165, 1.54) is 19.2 Å². The molecule has 2 aromatic rings. The third-order valence-corrected chi connectivity index (χ3v) is 3.03. The van der Waals surface area contributed by atoms with Gasteiger partial charge in [0.05, 0.1) is 12.7 Å². The first-order chi connectivity index (χ1) is 9.60. The average Bonchev–Trinajstić information content (AvgIpc) is 2.46. The molecular weight excluding hydrogens is 281 g/mol. The average molecular weight is 294 g/mol. The van der Waals surface area contributed by atoms with Crippen molar-refractivity contribution in [2.45, 2.75) is 6.54 Å². The van der Waals surface area contributed by atoms with Crippen molar-refractivity contribution in [1.82, 2.24) is 0 Å². The van der Waals surface area contributed by atoms with E-state index >= 15 is 0 Å². The molecule has 0 heterocycles. The van der Waals surface area contributed by atoms with Crippen molar-refractivity contribution in [1.29, 1.82) is 0 Å². The number of rotatable bonds is 4. The highest BCUT2D eigenvalue weighted by Crippen LogP contribution is 2.16. The van der Waals surface area contributed by atoms with Crippen LogP contribution in [-0.4, -0.2) is 13.1 Å². The zero-order valence-corrected chi connectivity index (χ0v) is 11.6. The molecule has 0 amide bonds. The summed E-state index contributed by atoms with van der Waals surface area (Å²) in [6.45, 7) is 0.444. The fraction of sp³-hybridized carbons (Fsp3) is 0.133. The fourth-order valence-corrected chi connectivity index (χ4v) is 1.84. The minimum absolute atomic E-state index is 0.0669. The van der Waals surface area contributed by atoms with Gasteiger partial charge in [0.15, 0.2) is 0 Å². The van der Waals surface area contributed by atoms with Gasteiger partial charge in [-0.3, -0.25) is 0 Å². The molecule has 0 saturated carbocycles. The molecule has 0 saturated heterocycles. The van der Waals surface area contributed by atoms with Crippen LogP contribution in [0.1, 0.15) is 15.9 Å². The Kier molecular flexibility index (Phi) is 4.58. The molecule has 0 aliphatic heterocycles. The van der Waals surface area contributed by atoms with Crippen LogP contribution in [0.5, 0.6) is 0 Å². The number of nitrogens with one attached hydrogen (secondary N) is 1. The lowest BCUT2D eigenvalue weighted by molar-refractivity contribution is 0.0595. The van der Waals surface area contributed by atoms with Crippen LogP contribution in [0.15, 0.2) is 42.5 Å². The highest BCUT2D eigenvalue weighted by Gasteiger charge is 2.12. The maximum Gasteiger partial charge on any atom is 0.340 e. The van der Waals surface area contributed by atoms with Crippen molar-refractivity contribution in [3.8, 4) is 0 Å². The number of anilines is 1. The number of benzene rings is 2. The second-order valence-electron chi connectivity index (χ2n) is 4.17. The molecule has 0 unspecified atom stereocenters. The van der Waals surface area contributed by atoms with Crippen LogP contribution in [0.2, 0.25) is 5.02 Å². The number of carbonyl (C=O) groups excluding carboxylic acids is 1. The van der Waals surface area contributed by atoms with E-state index < -0.39 is 11.8 Å². The molecule has 0 aliphatic carbocycles. The van der Waals surface area contributed by atoms with E-state index in [0.717, 1.165) is 11.3 Å². The summed E-state index contributed by atoms with van der Waals surface area (Å²) in [5.41, 5.74) is 1.54. The second-order valence-corrected chi connectivity index (χ2v) is 4.60. The number of methoxy groups -OCH3 is 1. The van der Waals surface area contributed by atoms with Crippen LogP contribution in [0, 0.1) is 5.82 Å². The summed E-state index contributed by atoms with van der Waals surface area (Å²) in [6, 6.07) is 11.6. The molecule has 5 heteroatoms. The molecule has 104 valence electrons. The van der Waals surface area contributed by atoms with Crippen LogP contribution < -0.4 is 5.32 Å². The Morgan fingerprint density at radius 1 is 1.25 bits per heavy atom. The first kappa shape index (κ1) is 14.3. The first-order valence-corrected chi connectivity index (χ1v) is 6.34. The van der Waals surface area contributed by atoms with Gasteiger partial charge in [0, 0.05) is 17.3 Å². The van der Waals surface area contributed by atoms with Crippen LogP contribution in [0.3, 0.4) is 0 Å². The molecule has 2 rings (SSSR count). The van der Waals surface area contributed by atoms with Gasteiger partial charge in [-0.15, -0.1) is 0 Å². The van der Waals surface area contributed by atoms with Crippen molar-refractivity contribution >= 4 is 23.3 Å². The third-order valence-electron chi connectivity index (χ3n) is 2.78. The molecule has 20 heavy (non-hydrogen) atoms. The van der Waals surface area contributed by atoms with Gasteiger partial charge in [-0.25, -0.2) is 9.18 Å². The van der Waals surface area contributed by atoms with Gasteiger partial charge in [-0.2, -0.15) is 0 Å². The van der Waals surface area contributed by atoms with E-state index in [-0.39, 0.29) is 5.56 Å². The largest absolute Gasteiger partial charge is 0.465 e. The van der Waals surface area contributed by atoms with Crippen LogP contribution >= 0.6 is 11.6 Å². The van der Waals surface area contributed by atoms with Crippen molar-refractivity contribution in [3.05, 3.63) is 64.4 Å². The molecule has 0 radical (unpaired) electrons. The number of carbonyl (C=O) groups is 1. The standard InChI is InChI=1S/C15H13ClFNO2/c1-20-15(19)13-7-2-10(8-14(13)17)9-18-12-5-3-11(16)4-6-12/h2-8,18H,9H2,1H3. The van der Waals surface area contributed by atoms with E-state index in [9.17, 15) is 9.18 Å². The monoisotopic (exact) mass is 293 g/mol. The Balaban J connectivity index is 2.05. The van der Waals surface area contributed by atoms with Crippen LogP contribution in [0.4, 0.5) is 10.1 Å². The Bertz CT molecular complexity index is 614. The van der Waals surface area contributed by atoms with Gasteiger partial charge in [-0.05, 0) is 42.0 Å². The Morgan fingerprint density at radius 2 is 1.95 bits per heavy atom. The summed E-state index contributed by atoms with van der Waals surface area (Å²) in [4.78, 5) is 11.3. The molecule has 1 N–H and O–H groups in total. The third kappa shape index (κ3) is 3.48. The van der Waals surface area contributed by atoms with Crippen LogP contribution in [-0.2, 0) is 11.3 Å². The molecule has 0 aliphatic rings. The Hall–Kier alpha value is -2.07. The predicted molar refractivity (Wildman–Crippen MR) is 76.5 cm³/mol. The predicted octanol–water partition coefficient (Wildman–Crippen LogP) is 3.88. The van der Waals surface area contributed by atoms with E-state index in [1.54, 1.807) is 18.2 Å². The highest BCUT2D eigenvalue weighted by atomic mass is 35.5. The van der Waals surface area contributed by atoms with Crippen molar-refractivity contribution in [3.63, 3.8) is 0 Å². The maximum absolute atomic E-state index is 13.7. The highest BCUT2D eigenvalue weighted by molar-refractivity contribution is 6.30. The molecular formula is C15H13ClFNO2. The lowest BCUT2D eigenvalue weighted by Gasteiger charge is -2.08. The topological polar surface area (TPSA) is 38.3 Å². The smallest absolute Gasteiger partial charge is 0.340 e. The normalized spacial score (nSPS) is 10.2. The Labute approximate surface area is 121 Å². The van der Waals surface area contributed by atoms with E-state index in [2.05, 4.69) is 10.1 Å². The number of ether oxygens (including phenoxy) is 1. The van der Waals surface area contributed by atoms with Gasteiger partial charge in [0.25, 0.3) is 0 Å². The van der Waals surface area contributed by atoms with Crippen LogP contribution in [0.25, 0.3) is 0 Å². The van der Waals surface area contributed by atoms with E-state index in [0.29, 0.717) is 11.6 Å². The Morgan fingerprint density at radius 3 is 2.55 bits per heavy atom. The van der Waals surface area contributed by atoms with E-state index in [1.807, 2.05) is 12.1 Å². The molecule has 0 bridgehead atoms. The summed E-state index contributed by atoms with van der Waals surface area (Å²) in [6.07, 6.45) is 0. The summed E-state index contributed by atoms with van der Waals surface area (Å²) in [5.74, 6) is -1.27.